The molecule has 0 aliphatic carbocycles. The van der Waals surface area contributed by atoms with Crippen LogP contribution in [0.5, 0.6) is 0 Å². The number of benzene rings is 1. The maximum Gasteiger partial charge on any atom is 0.0438 e. The number of nitrogens with two attached hydrogens (primary N) is 1. The highest BCUT2D eigenvalue weighted by molar-refractivity contribution is 7.99. The summed E-state index contributed by atoms with van der Waals surface area (Å²) in [4.78, 5) is 0. The maximum atomic E-state index is 6.17. The van der Waals surface area contributed by atoms with Crippen molar-refractivity contribution >= 4 is 23.4 Å². The van der Waals surface area contributed by atoms with Gasteiger partial charge in [0, 0.05) is 10.8 Å². The molecule has 2 rings (SSSR count). The highest BCUT2D eigenvalue weighted by atomic mass is 35.5. The second-order valence-electron chi connectivity index (χ2n) is 4.27. The van der Waals surface area contributed by atoms with Gasteiger partial charge in [-0.15, -0.1) is 0 Å². The molecule has 1 saturated heterocycles. The molecule has 0 aromatic heterocycles. The van der Waals surface area contributed by atoms with Crippen molar-refractivity contribution in [2.75, 3.05) is 18.1 Å². The van der Waals surface area contributed by atoms with E-state index in [0.717, 1.165) is 18.0 Å². The van der Waals surface area contributed by atoms with Crippen LogP contribution in [0.15, 0.2) is 24.3 Å². The first-order valence-electron chi connectivity index (χ1n) is 5.27. The van der Waals surface area contributed by atoms with Crippen molar-refractivity contribution in [3.05, 3.63) is 34.9 Å². The smallest absolute Gasteiger partial charge is 0.0438 e. The van der Waals surface area contributed by atoms with Crippen LogP contribution in [0.25, 0.3) is 0 Å². The quantitative estimate of drug-likeness (QED) is 0.881. The van der Waals surface area contributed by atoms with E-state index in [-0.39, 0.29) is 5.41 Å². The van der Waals surface area contributed by atoms with Crippen LogP contribution in [0.3, 0.4) is 0 Å². The number of rotatable bonds is 3. The lowest BCUT2D eigenvalue weighted by molar-refractivity contribution is 0.346. The minimum absolute atomic E-state index is 0.287. The lowest BCUT2D eigenvalue weighted by Gasteiger charge is -2.26. The zero-order chi connectivity index (χ0) is 10.7. The van der Waals surface area contributed by atoms with Crippen LogP contribution in [-0.4, -0.2) is 18.1 Å². The van der Waals surface area contributed by atoms with Gasteiger partial charge in [-0.3, -0.25) is 0 Å². The van der Waals surface area contributed by atoms with Crippen LogP contribution >= 0.6 is 23.4 Å². The maximum absolute atomic E-state index is 6.17. The van der Waals surface area contributed by atoms with Gasteiger partial charge in [-0.05, 0) is 42.2 Å². The Morgan fingerprint density at radius 1 is 1.40 bits per heavy atom. The van der Waals surface area contributed by atoms with E-state index < -0.39 is 0 Å². The van der Waals surface area contributed by atoms with Crippen LogP contribution in [0, 0.1) is 5.41 Å². The van der Waals surface area contributed by atoms with Gasteiger partial charge in [0.1, 0.15) is 0 Å². The van der Waals surface area contributed by atoms with Crippen LogP contribution in [0.1, 0.15) is 12.0 Å². The third-order valence-electron chi connectivity index (χ3n) is 3.14. The number of hydrogen-bond donors (Lipinski definition) is 1. The predicted octanol–water partition coefficient (Wildman–Crippen LogP) is 2.96. The molecule has 1 aliphatic rings. The van der Waals surface area contributed by atoms with Crippen LogP contribution in [0.2, 0.25) is 5.02 Å². The topological polar surface area (TPSA) is 26.0 Å². The van der Waals surface area contributed by atoms with Crippen molar-refractivity contribution in [1.29, 1.82) is 0 Å². The normalized spacial score (nSPS) is 25.7. The molecule has 0 saturated carbocycles. The minimum Gasteiger partial charge on any atom is -0.330 e. The lowest BCUT2D eigenvalue weighted by atomic mass is 9.81. The van der Waals surface area contributed by atoms with E-state index in [1.165, 1.54) is 23.5 Å². The molecule has 0 spiro atoms. The monoisotopic (exact) mass is 241 g/mol. The second-order valence-corrected chi connectivity index (χ2v) is 5.79. The molecule has 15 heavy (non-hydrogen) atoms. The van der Waals surface area contributed by atoms with E-state index >= 15 is 0 Å². The van der Waals surface area contributed by atoms with Gasteiger partial charge in [0.25, 0.3) is 0 Å². The van der Waals surface area contributed by atoms with Crippen molar-refractivity contribution in [3.8, 4) is 0 Å². The molecule has 1 heterocycles. The number of hydrogen-bond acceptors (Lipinski definition) is 2. The molecule has 0 radical (unpaired) electrons. The van der Waals surface area contributed by atoms with E-state index in [1.54, 1.807) is 0 Å². The summed E-state index contributed by atoms with van der Waals surface area (Å²) in [5.74, 6) is 2.41. The van der Waals surface area contributed by atoms with Crippen LogP contribution in [0.4, 0.5) is 0 Å². The summed E-state index contributed by atoms with van der Waals surface area (Å²) in [6.07, 6.45) is 2.25. The molecule has 2 N–H and O–H groups in total. The molecule has 1 aromatic rings. The highest BCUT2D eigenvalue weighted by Gasteiger charge is 2.33. The first-order valence-corrected chi connectivity index (χ1v) is 6.80. The molecule has 1 aliphatic heterocycles. The molecule has 0 bridgehead atoms. The summed E-state index contributed by atoms with van der Waals surface area (Å²) in [7, 11) is 0. The fourth-order valence-electron chi connectivity index (χ4n) is 2.07. The Labute approximate surface area is 100 Å². The Balaban J connectivity index is 2.16. The summed E-state index contributed by atoms with van der Waals surface area (Å²) >= 11 is 8.18. The first kappa shape index (κ1) is 11.3. The van der Waals surface area contributed by atoms with E-state index in [0.29, 0.717) is 0 Å². The molecule has 82 valence electrons. The van der Waals surface area contributed by atoms with Crippen molar-refractivity contribution in [3.63, 3.8) is 0 Å². The standard InChI is InChI=1S/C12H16ClNS/c13-11-4-2-1-3-10(11)7-12(8-14)5-6-15-9-12/h1-4H,5-9,14H2. The highest BCUT2D eigenvalue weighted by Crippen LogP contribution is 2.39. The molecule has 1 nitrogen and oxygen atoms in total. The summed E-state index contributed by atoms with van der Waals surface area (Å²) in [6, 6.07) is 8.10. The largest absolute Gasteiger partial charge is 0.330 e. The van der Waals surface area contributed by atoms with Gasteiger partial charge >= 0.3 is 0 Å². The molecule has 3 heteroatoms. The molecule has 1 aromatic carbocycles. The molecule has 1 fully saturated rings. The Bertz CT molecular complexity index is 334. The van der Waals surface area contributed by atoms with E-state index in [1.807, 2.05) is 30.0 Å². The van der Waals surface area contributed by atoms with Crippen molar-refractivity contribution in [2.45, 2.75) is 12.8 Å². The Morgan fingerprint density at radius 2 is 2.20 bits per heavy atom. The Hall–Kier alpha value is -0.180. The van der Waals surface area contributed by atoms with E-state index in [4.69, 9.17) is 17.3 Å². The lowest BCUT2D eigenvalue weighted by Crippen LogP contribution is -2.32. The zero-order valence-corrected chi connectivity index (χ0v) is 10.3. The third kappa shape index (κ3) is 2.49. The molecule has 1 unspecified atom stereocenters. The third-order valence-corrected chi connectivity index (χ3v) is 4.82. The number of thioether (sulfide) groups is 1. The summed E-state index contributed by atoms with van der Waals surface area (Å²) in [6.45, 7) is 0.769. The molecule has 0 amide bonds. The van der Waals surface area contributed by atoms with E-state index in [2.05, 4.69) is 6.07 Å². The molecular weight excluding hydrogens is 226 g/mol. The zero-order valence-electron chi connectivity index (χ0n) is 8.71. The van der Waals surface area contributed by atoms with Gasteiger partial charge in [-0.2, -0.15) is 11.8 Å². The van der Waals surface area contributed by atoms with Crippen LogP contribution < -0.4 is 5.73 Å². The average molecular weight is 242 g/mol. The fraction of sp³-hybridized carbons (Fsp3) is 0.500. The van der Waals surface area contributed by atoms with Crippen molar-refractivity contribution in [1.82, 2.24) is 0 Å². The number of halogens is 1. The van der Waals surface area contributed by atoms with Gasteiger partial charge in [-0.25, -0.2) is 0 Å². The first-order chi connectivity index (χ1) is 7.26. The summed E-state index contributed by atoms with van der Waals surface area (Å²) in [5, 5.41) is 0.877. The van der Waals surface area contributed by atoms with Gasteiger partial charge in [-0.1, -0.05) is 29.8 Å². The summed E-state index contributed by atoms with van der Waals surface area (Å²) in [5.41, 5.74) is 7.44. The molecular formula is C12H16ClNS. The van der Waals surface area contributed by atoms with Gasteiger partial charge in [0.15, 0.2) is 0 Å². The Morgan fingerprint density at radius 3 is 2.80 bits per heavy atom. The van der Waals surface area contributed by atoms with Gasteiger partial charge in [0.2, 0.25) is 0 Å². The fourth-order valence-corrected chi connectivity index (χ4v) is 3.79. The van der Waals surface area contributed by atoms with Crippen molar-refractivity contribution in [2.24, 2.45) is 11.1 Å². The predicted molar refractivity (Wildman–Crippen MR) is 68.6 cm³/mol. The second kappa shape index (κ2) is 4.77. The summed E-state index contributed by atoms with van der Waals surface area (Å²) < 4.78 is 0. The molecule has 1 atom stereocenters. The van der Waals surface area contributed by atoms with Crippen LogP contribution in [-0.2, 0) is 6.42 Å². The van der Waals surface area contributed by atoms with E-state index in [9.17, 15) is 0 Å². The average Bonchev–Trinajstić information content (AvgIpc) is 2.71. The minimum atomic E-state index is 0.287. The van der Waals surface area contributed by atoms with Gasteiger partial charge < -0.3 is 5.73 Å². The SMILES string of the molecule is NCC1(Cc2ccccc2Cl)CCSC1. The van der Waals surface area contributed by atoms with Gasteiger partial charge in [0.05, 0.1) is 0 Å². The Kier molecular flexibility index (Phi) is 3.60. The van der Waals surface area contributed by atoms with Crippen molar-refractivity contribution < 1.29 is 0 Å².